The summed E-state index contributed by atoms with van der Waals surface area (Å²) in [6.45, 7) is 7.11. The number of likely N-dealkylation sites (tertiary alicyclic amines) is 1. The lowest BCUT2D eigenvalue weighted by Gasteiger charge is -2.36. The summed E-state index contributed by atoms with van der Waals surface area (Å²) in [6, 6.07) is 8.63. The zero-order chi connectivity index (χ0) is 18.7. The third-order valence-electron chi connectivity index (χ3n) is 5.12. The summed E-state index contributed by atoms with van der Waals surface area (Å²) in [5, 5.41) is 9.31. The van der Waals surface area contributed by atoms with Crippen molar-refractivity contribution >= 4 is 17.7 Å². The Morgan fingerprint density at radius 1 is 1.35 bits per heavy atom. The van der Waals surface area contributed by atoms with Gasteiger partial charge in [0, 0.05) is 25.2 Å². The number of amides is 1. The van der Waals surface area contributed by atoms with Crippen molar-refractivity contribution in [3.63, 3.8) is 0 Å². The number of hydrogen-bond acceptors (Lipinski definition) is 4. The molecule has 6 heteroatoms. The maximum absolute atomic E-state index is 13.0. The zero-order valence-corrected chi connectivity index (χ0v) is 16.9. The third-order valence-corrected chi connectivity index (χ3v) is 6.24. The van der Waals surface area contributed by atoms with Crippen LogP contribution in [0.2, 0.25) is 0 Å². The van der Waals surface area contributed by atoms with Gasteiger partial charge in [0.15, 0.2) is 11.0 Å². The molecule has 3 rings (SSSR count). The van der Waals surface area contributed by atoms with Crippen LogP contribution in [0.3, 0.4) is 0 Å². The number of rotatable bonds is 5. The minimum atomic E-state index is -0.157. The highest BCUT2D eigenvalue weighted by Crippen LogP contribution is 2.29. The number of thioether (sulfide) groups is 1. The van der Waals surface area contributed by atoms with Crippen LogP contribution in [-0.2, 0) is 11.8 Å². The van der Waals surface area contributed by atoms with E-state index >= 15 is 0 Å². The van der Waals surface area contributed by atoms with Gasteiger partial charge in [-0.3, -0.25) is 4.79 Å². The summed E-state index contributed by atoms with van der Waals surface area (Å²) in [7, 11) is 1.97. The summed E-state index contributed by atoms with van der Waals surface area (Å²) >= 11 is 1.50. The Balaban J connectivity index is 1.73. The van der Waals surface area contributed by atoms with Crippen molar-refractivity contribution in [3.05, 3.63) is 29.8 Å². The lowest BCUT2D eigenvalue weighted by atomic mass is 10.00. The van der Waals surface area contributed by atoms with Gasteiger partial charge in [-0.2, -0.15) is 0 Å². The highest BCUT2D eigenvalue weighted by atomic mass is 32.2. The summed E-state index contributed by atoms with van der Waals surface area (Å²) < 4.78 is 1.98. The van der Waals surface area contributed by atoms with Crippen molar-refractivity contribution < 1.29 is 4.79 Å². The Kier molecular flexibility index (Phi) is 6.01. The number of benzene rings is 1. The minimum absolute atomic E-state index is 0.157. The van der Waals surface area contributed by atoms with Crippen LogP contribution >= 0.6 is 11.8 Å². The Hall–Kier alpha value is -1.82. The van der Waals surface area contributed by atoms with Crippen molar-refractivity contribution in [2.24, 2.45) is 7.05 Å². The number of piperidine rings is 1. The van der Waals surface area contributed by atoms with Gasteiger partial charge in [-0.25, -0.2) is 0 Å². The van der Waals surface area contributed by atoms with Gasteiger partial charge in [0.05, 0.1) is 5.25 Å². The summed E-state index contributed by atoms with van der Waals surface area (Å²) in [5.74, 6) is 1.06. The number of carbonyl (C=O) groups excluding carboxylic acids is 1. The van der Waals surface area contributed by atoms with Crippen LogP contribution in [0.5, 0.6) is 0 Å². The molecule has 140 valence electrons. The van der Waals surface area contributed by atoms with E-state index < -0.39 is 0 Å². The average Bonchev–Trinajstić information content (AvgIpc) is 3.01. The van der Waals surface area contributed by atoms with Gasteiger partial charge >= 0.3 is 0 Å². The Labute approximate surface area is 160 Å². The van der Waals surface area contributed by atoms with E-state index in [2.05, 4.69) is 41.1 Å². The number of carbonyl (C=O) groups is 1. The molecule has 1 saturated heterocycles. The fourth-order valence-electron chi connectivity index (χ4n) is 3.61. The van der Waals surface area contributed by atoms with Crippen LogP contribution in [0.4, 0.5) is 0 Å². The average molecular weight is 373 g/mol. The van der Waals surface area contributed by atoms with Crippen molar-refractivity contribution in [2.75, 3.05) is 6.54 Å². The summed E-state index contributed by atoms with van der Waals surface area (Å²) in [5.41, 5.74) is 2.24. The molecule has 5 nitrogen and oxygen atoms in total. The fourth-order valence-corrected chi connectivity index (χ4v) is 4.50. The first-order chi connectivity index (χ1) is 12.5. The van der Waals surface area contributed by atoms with Gasteiger partial charge in [0.1, 0.15) is 0 Å². The van der Waals surface area contributed by atoms with Gasteiger partial charge in [-0.1, -0.05) is 42.4 Å². The van der Waals surface area contributed by atoms with Crippen molar-refractivity contribution in [1.82, 2.24) is 19.7 Å². The molecule has 1 aromatic carbocycles. The van der Waals surface area contributed by atoms with E-state index in [1.807, 2.05) is 30.7 Å². The molecule has 1 aromatic heterocycles. The van der Waals surface area contributed by atoms with E-state index in [0.717, 1.165) is 42.4 Å². The second-order valence-corrected chi connectivity index (χ2v) is 8.39. The van der Waals surface area contributed by atoms with E-state index in [1.165, 1.54) is 23.7 Å². The summed E-state index contributed by atoms with van der Waals surface area (Å²) in [4.78, 5) is 15.0. The molecule has 0 aliphatic carbocycles. The minimum Gasteiger partial charge on any atom is -0.339 e. The second-order valence-electron chi connectivity index (χ2n) is 7.08. The van der Waals surface area contributed by atoms with Crippen LogP contribution in [0.15, 0.2) is 29.4 Å². The third kappa shape index (κ3) is 3.95. The van der Waals surface area contributed by atoms with Crippen molar-refractivity contribution in [2.45, 2.75) is 62.9 Å². The Morgan fingerprint density at radius 2 is 2.15 bits per heavy atom. The lowest BCUT2D eigenvalue weighted by Crippen LogP contribution is -2.46. The topological polar surface area (TPSA) is 51.0 Å². The molecular weight excluding hydrogens is 344 g/mol. The number of nitrogens with zero attached hydrogens (tertiary/aromatic N) is 4. The predicted molar refractivity (Wildman–Crippen MR) is 106 cm³/mol. The van der Waals surface area contributed by atoms with E-state index in [1.54, 1.807) is 0 Å². The largest absolute Gasteiger partial charge is 0.339 e. The van der Waals surface area contributed by atoms with Gasteiger partial charge in [-0.15, -0.1) is 10.2 Å². The van der Waals surface area contributed by atoms with Gasteiger partial charge < -0.3 is 9.47 Å². The molecule has 1 aliphatic rings. The van der Waals surface area contributed by atoms with E-state index in [-0.39, 0.29) is 11.2 Å². The molecule has 1 fully saturated rings. The van der Waals surface area contributed by atoms with Crippen LogP contribution < -0.4 is 0 Å². The first-order valence-corrected chi connectivity index (χ1v) is 10.3. The molecule has 1 amide bonds. The smallest absolute Gasteiger partial charge is 0.236 e. The van der Waals surface area contributed by atoms with E-state index in [0.29, 0.717) is 6.04 Å². The second kappa shape index (κ2) is 8.25. The Bertz CT molecular complexity index is 773. The SMILES string of the molecule is CCC1CCCCN1C(=O)C(C)Sc1nnc(-c2cccc(C)c2)n1C. The molecule has 26 heavy (non-hydrogen) atoms. The normalized spacial score (nSPS) is 18.8. The van der Waals surface area contributed by atoms with Crippen LogP contribution in [0, 0.1) is 6.92 Å². The fraction of sp³-hybridized carbons (Fsp3) is 0.550. The molecule has 0 spiro atoms. The first-order valence-electron chi connectivity index (χ1n) is 9.44. The standard InChI is InChI=1S/C20H28N4OS/c1-5-17-11-6-7-12-24(17)19(25)15(3)26-20-22-21-18(23(20)4)16-10-8-9-14(2)13-16/h8-10,13,15,17H,5-7,11-12H2,1-4H3. The highest BCUT2D eigenvalue weighted by molar-refractivity contribution is 8.00. The number of aromatic nitrogens is 3. The zero-order valence-electron chi connectivity index (χ0n) is 16.1. The molecular formula is C20H28N4OS. The molecule has 2 aromatic rings. The van der Waals surface area contributed by atoms with Gasteiger partial charge in [-0.05, 0) is 45.6 Å². The van der Waals surface area contributed by atoms with Crippen molar-refractivity contribution in [3.8, 4) is 11.4 Å². The monoisotopic (exact) mass is 372 g/mol. The van der Waals surface area contributed by atoms with Gasteiger partial charge in [0.25, 0.3) is 0 Å². The maximum atomic E-state index is 13.0. The summed E-state index contributed by atoms with van der Waals surface area (Å²) in [6.07, 6.45) is 4.50. The molecule has 0 bridgehead atoms. The maximum Gasteiger partial charge on any atom is 0.236 e. The number of hydrogen-bond donors (Lipinski definition) is 0. The Morgan fingerprint density at radius 3 is 2.88 bits per heavy atom. The molecule has 2 atom stereocenters. The quantitative estimate of drug-likeness (QED) is 0.743. The van der Waals surface area contributed by atoms with E-state index in [9.17, 15) is 4.79 Å². The van der Waals surface area contributed by atoms with E-state index in [4.69, 9.17) is 0 Å². The van der Waals surface area contributed by atoms with Crippen LogP contribution in [-0.4, -0.2) is 43.4 Å². The first kappa shape index (κ1) is 19.0. The van der Waals surface area contributed by atoms with Gasteiger partial charge in [0.2, 0.25) is 5.91 Å². The van der Waals surface area contributed by atoms with Crippen LogP contribution in [0.25, 0.3) is 11.4 Å². The molecule has 1 aliphatic heterocycles. The molecule has 0 N–H and O–H groups in total. The highest BCUT2D eigenvalue weighted by Gasteiger charge is 2.30. The predicted octanol–water partition coefficient (Wildman–Crippen LogP) is 4.06. The molecule has 2 unspecified atom stereocenters. The van der Waals surface area contributed by atoms with Crippen molar-refractivity contribution in [1.29, 1.82) is 0 Å². The molecule has 0 saturated carbocycles. The lowest BCUT2D eigenvalue weighted by molar-refractivity contribution is -0.134. The molecule has 0 radical (unpaired) electrons. The van der Waals surface area contributed by atoms with Crippen LogP contribution in [0.1, 0.15) is 45.1 Å². The molecule has 2 heterocycles. The number of aryl methyl sites for hydroxylation is 1.